The molecule has 0 unspecified atom stereocenters. The number of hydrogen-bond acceptors (Lipinski definition) is 12. The van der Waals surface area contributed by atoms with Crippen molar-refractivity contribution in [1.29, 1.82) is 0 Å². The van der Waals surface area contributed by atoms with E-state index in [1.54, 1.807) is 6.20 Å². The van der Waals surface area contributed by atoms with Gasteiger partial charge in [0.1, 0.15) is 35.2 Å². The average Bonchev–Trinajstić information content (AvgIpc) is 3.49. The van der Waals surface area contributed by atoms with Gasteiger partial charge in [0.05, 0.1) is 0 Å². The number of esters is 1. The molecule has 2 aliphatic rings. The number of carboxylic acid groups (broad SMARTS) is 1. The standard InChI is InChI=1S/C19H19N7O7S2/c1-8(27)32-4-9-6-34-17-13(16(29)26(17)14(9)18(30)31)24-15(28)12(10-7-35-19(20)23-10)25-33-5-11-21-2-3-22-11/h2-3,7,13,17H,4-6H2,1H3,(H2,20,23)(H,21,22)(H,24,28)(H,30,31)/t13-,17+/m0/s1. The van der Waals surface area contributed by atoms with Gasteiger partial charge in [-0.1, -0.05) is 5.16 Å². The van der Waals surface area contributed by atoms with E-state index in [-0.39, 0.29) is 41.2 Å². The summed E-state index contributed by atoms with van der Waals surface area (Å²) < 4.78 is 4.91. The van der Waals surface area contributed by atoms with Crippen molar-refractivity contribution < 1.29 is 33.9 Å². The number of nitrogens with zero attached hydrogens (tertiary/aromatic N) is 4. The van der Waals surface area contributed by atoms with Crippen LogP contribution in [0.2, 0.25) is 0 Å². The van der Waals surface area contributed by atoms with Crippen molar-refractivity contribution in [3.05, 3.63) is 40.6 Å². The number of carbonyl (C=O) groups excluding carboxylic acids is 3. The highest BCUT2D eigenvalue weighted by Crippen LogP contribution is 2.40. The van der Waals surface area contributed by atoms with Crippen molar-refractivity contribution in [2.24, 2.45) is 5.16 Å². The fourth-order valence-electron chi connectivity index (χ4n) is 3.33. The van der Waals surface area contributed by atoms with Crippen LogP contribution in [0.5, 0.6) is 0 Å². The number of thioether (sulfide) groups is 1. The predicted octanol–water partition coefficient (Wildman–Crippen LogP) is -0.329. The molecule has 2 amide bonds. The Labute approximate surface area is 205 Å². The number of carbonyl (C=O) groups is 4. The van der Waals surface area contributed by atoms with Crippen LogP contribution >= 0.6 is 23.1 Å². The third kappa shape index (κ3) is 5.12. The van der Waals surface area contributed by atoms with Gasteiger partial charge in [-0.3, -0.25) is 19.3 Å². The van der Waals surface area contributed by atoms with Crippen LogP contribution in [-0.2, 0) is 35.4 Å². The van der Waals surface area contributed by atoms with Crippen LogP contribution < -0.4 is 11.1 Å². The number of nitrogens with two attached hydrogens (primary N) is 1. The lowest BCUT2D eigenvalue weighted by molar-refractivity contribution is -0.150. The first-order valence-electron chi connectivity index (χ1n) is 10.00. The molecule has 5 N–H and O–H groups in total. The monoisotopic (exact) mass is 521 g/mol. The number of nitrogen functional groups attached to an aromatic ring is 1. The van der Waals surface area contributed by atoms with Crippen LogP contribution in [0.4, 0.5) is 5.13 Å². The van der Waals surface area contributed by atoms with Gasteiger partial charge in [0.2, 0.25) is 0 Å². The molecular weight excluding hydrogens is 502 g/mol. The Morgan fingerprint density at radius 3 is 2.83 bits per heavy atom. The molecule has 0 spiro atoms. The van der Waals surface area contributed by atoms with Gasteiger partial charge in [-0.25, -0.2) is 14.8 Å². The largest absolute Gasteiger partial charge is 0.477 e. The number of H-pyrrole nitrogens is 1. The number of β-lactam (4-membered cyclic amide) rings is 1. The molecule has 0 radical (unpaired) electrons. The molecule has 1 saturated heterocycles. The second kappa shape index (κ2) is 10.1. The van der Waals surface area contributed by atoms with E-state index in [0.29, 0.717) is 11.4 Å². The smallest absolute Gasteiger partial charge is 0.352 e. The summed E-state index contributed by atoms with van der Waals surface area (Å²) in [5, 5.41) is 17.2. The van der Waals surface area contributed by atoms with Gasteiger partial charge < -0.3 is 30.7 Å². The van der Waals surface area contributed by atoms with Crippen LogP contribution in [0.1, 0.15) is 18.4 Å². The highest BCUT2D eigenvalue weighted by molar-refractivity contribution is 8.00. The number of imidazole rings is 1. The summed E-state index contributed by atoms with van der Waals surface area (Å²) in [6.07, 6.45) is 3.13. The van der Waals surface area contributed by atoms with Crippen molar-refractivity contribution >= 4 is 57.7 Å². The molecule has 35 heavy (non-hydrogen) atoms. The average molecular weight is 522 g/mol. The Hall–Kier alpha value is -3.92. The molecule has 2 atom stereocenters. The molecule has 0 aromatic carbocycles. The summed E-state index contributed by atoms with van der Waals surface area (Å²) in [5.74, 6) is -2.60. The summed E-state index contributed by atoms with van der Waals surface area (Å²) in [6, 6.07) is -1.01. The van der Waals surface area contributed by atoms with Crippen molar-refractivity contribution in [3.8, 4) is 0 Å². The van der Waals surface area contributed by atoms with E-state index in [1.165, 1.54) is 30.3 Å². The first-order valence-corrected chi connectivity index (χ1v) is 11.9. The maximum absolute atomic E-state index is 13.0. The van der Waals surface area contributed by atoms with E-state index in [2.05, 4.69) is 25.4 Å². The zero-order valence-electron chi connectivity index (χ0n) is 18.1. The molecule has 0 saturated carbocycles. The fraction of sp³-hybridized carbons (Fsp3) is 0.316. The van der Waals surface area contributed by atoms with Crippen LogP contribution in [-0.4, -0.2) is 78.2 Å². The minimum atomic E-state index is -1.33. The molecule has 2 aromatic rings. The number of thiazole rings is 1. The molecule has 1 fully saturated rings. The summed E-state index contributed by atoms with van der Waals surface area (Å²) in [7, 11) is 0. The summed E-state index contributed by atoms with van der Waals surface area (Å²) >= 11 is 2.33. The Balaban J connectivity index is 1.49. The Morgan fingerprint density at radius 2 is 2.20 bits per heavy atom. The molecule has 4 heterocycles. The molecule has 2 aliphatic heterocycles. The molecule has 0 bridgehead atoms. The highest BCUT2D eigenvalue weighted by Gasteiger charge is 2.54. The van der Waals surface area contributed by atoms with Crippen molar-refractivity contribution in [2.75, 3.05) is 18.1 Å². The van der Waals surface area contributed by atoms with E-state index < -0.39 is 35.2 Å². The first kappa shape index (κ1) is 24.2. The van der Waals surface area contributed by atoms with Crippen molar-refractivity contribution in [1.82, 2.24) is 25.2 Å². The number of hydrogen-bond donors (Lipinski definition) is 4. The van der Waals surface area contributed by atoms with E-state index in [4.69, 9.17) is 15.3 Å². The number of aliphatic carboxylic acids is 1. The minimum Gasteiger partial charge on any atom is -0.477 e. The second-order valence-electron chi connectivity index (χ2n) is 7.22. The maximum Gasteiger partial charge on any atom is 0.352 e. The van der Waals surface area contributed by atoms with Gasteiger partial charge in [-0.15, -0.1) is 23.1 Å². The molecule has 0 aliphatic carbocycles. The number of carboxylic acids is 1. The quantitative estimate of drug-likeness (QED) is 0.146. The number of anilines is 1. The summed E-state index contributed by atoms with van der Waals surface area (Å²) in [5.41, 5.74) is 5.66. The van der Waals surface area contributed by atoms with Gasteiger partial charge in [0.25, 0.3) is 11.8 Å². The van der Waals surface area contributed by atoms with Crippen LogP contribution in [0.15, 0.2) is 34.2 Å². The summed E-state index contributed by atoms with van der Waals surface area (Å²) in [6.45, 7) is 0.913. The lowest BCUT2D eigenvalue weighted by Crippen LogP contribution is -2.71. The predicted molar refractivity (Wildman–Crippen MR) is 123 cm³/mol. The van der Waals surface area contributed by atoms with Gasteiger partial charge in [-0.2, -0.15) is 0 Å². The lowest BCUT2D eigenvalue weighted by Gasteiger charge is -2.49. The zero-order valence-corrected chi connectivity index (χ0v) is 19.7. The number of ether oxygens (including phenoxy) is 1. The van der Waals surface area contributed by atoms with Gasteiger partial charge in [-0.05, 0) is 0 Å². The van der Waals surface area contributed by atoms with Gasteiger partial charge in [0.15, 0.2) is 17.5 Å². The number of nitrogens with one attached hydrogen (secondary N) is 2. The topological polar surface area (TPSA) is 202 Å². The second-order valence-corrected chi connectivity index (χ2v) is 9.21. The maximum atomic E-state index is 13.0. The van der Waals surface area contributed by atoms with Crippen LogP contribution in [0.3, 0.4) is 0 Å². The molecule has 184 valence electrons. The van der Waals surface area contributed by atoms with E-state index in [0.717, 1.165) is 16.2 Å². The number of rotatable bonds is 9. The zero-order chi connectivity index (χ0) is 25.1. The number of amides is 2. The SMILES string of the molecule is CC(=O)OCC1=C(C(=O)O)N2C(=O)[C@H](NC(=O)C(=NOCc3ncc[nH]3)c3csc(N)n3)[C@H]2SC1. The van der Waals surface area contributed by atoms with Crippen LogP contribution in [0, 0.1) is 0 Å². The Bertz CT molecular complexity index is 1220. The number of fused-ring (bicyclic) bond motifs is 1. The molecule has 16 heteroatoms. The third-order valence-electron chi connectivity index (χ3n) is 4.88. The van der Waals surface area contributed by atoms with Gasteiger partial charge >= 0.3 is 11.9 Å². The van der Waals surface area contributed by atoms with Crippen molar-refractivity contribution in [3.63, 3.8) is 0 Å². The Morgan fingerprint density at radius 1 is 1.40 bits per heavy atom. The number of aromatic nitrogens is 3. The van der Waals surface area contributed by atoms with E-state index >= 15 is 0 Å². The highest BCUT2D eigenvalue weighted by atomic mass is 32.2. The Kier molecular flexibility index (Phi) is 7.02. The normalized spacial score (nSPS) is 19.6. The molecule has 14 nitrogen and oxygen atoms in total. The summed E-state index contributed by atoms with van der Waals surface area (Å²) in [4.78, 5) is 66.0. The molecular formula is C19H19N7O7S2. The van der Waals surface area contributed by atoms with Crippen LogP contribution in [0.25, 0.3) is 0 Å². The van der Waals surface area contributed by atoms with Crippen molar-refractivity contribution in [2.45, 2.75) is 24.9 Å². The van der Waals surface area contributed by atoms with E-state index in [1.807, 2.05) is 0 Å². The molecule has 2 aromatic heterocycles. The van der Waals surface area contributed by atoms with E-state index in [9.17, 15) is 24.3 Å². The number of oxime groups is 1. The minimum absolute atomic E-state index is 0.0457. The lowest BCUT2D eigenvalue weighted by atomic mass is 10.0. The first-order chi connectivity index (χ1) is 16.8. The third-order valence-corrected chi connectivity index (χ3v) is 6.89. The number of aromatic amines is 1. The fourth-order valence-corrected chi connectivity index (χ4v) is 5.20. The molecule has 4 rings (SSSR count). The van der Waals surface area contributed by atoms with Gasteiger partial charge in [0, 0.05) is 36.0 Å².